The van der Waals surface area contributed by atoms with Crippen LogP contribution in [0.15, 0.2) is 41.9 Å². The second-order valence-corrected chi connectivity index (χ2v) is 18.6. The molecule has 17 heteroatoms. The molecule has 0 unspecified atom stereocenters. The van der Waals surface area contributed by atoms with E-state index in [-0.39, 0.29) is 57.5 Å². The monoisotopic (exact) mass is 858 g/mol. The number of aliphatic hydroxyl groups is 2. The third kappa shape index (κ3) is 8.76. The van der Waals surface area contributed by atoms with Crippen molar-refractivity contribution in [1.29, 1.82) is 0 Å². The molecule has 0 spiro atoms. The van der Waals surface area contributed by atoms with Gasteiger partial charge in [0.15, 0.2) is 0 Å². The highest BCUT2D eigenvalue weighted by molar-refractivity contribution is 7.10. The smallest absolute Gasteiger partial charge is 0.355 e. The zero-order valence-corrected chi connectivity index (χ0v) is 37.0. The molecule has 4 amide bonds. The molecule has 4 N–H and O–H groups in total. The van der Waals surface area contributed by atoms with Crippen molar-refractivity contribution in [3.63, 3.8) is 0 Å². The lowest BCUT2D eigenvalue weighted by Crippen LogP contribution is -2.67. The van der Waals surface area contributed by atoms with Crippen LogP contribution in [0.2, 0.25) is 0 Å². The summed E-state index contributed by atoms with van der Waals surface area (Å²) in [6.07, 6.45) is 1.63. The van der Waals surface area contributed by atoms with Crippen molar-refractivity contribution in [3.8, 4) is 22.5 Å². The molecule has 7 rings (SSSR count). The number of aromatic nitrogens is 3. The number of likely N-dealkylation sites (N-methyl/N-ethyl adjacent to an activating group) is 1. The van der Waals surface area contributed by atoms with E-state index in [0.29, 0.717) is 23.7 Å². The lowest BCUT2D eigenvalue weighted by molar-refractivity contribution is -0.189. The molecule has 1 aromatic carbocycles. The number of cyclic esters (lactones) is 1. The van der Waals surface area contributed by atoms with Crippen LogP contribution in [0.5, 0.6) is 0 Å². The van der Waals surface area contributed by atoms with E-state index in [1.165, 1.54) is 33.2 Å². The van der Waals surface area contributed by atoms with Gasteiger partial charge in [0.25, 0.3) is 5.91 Å². The number of amides is 4. The van der Waals surface area contributed by atoms with E-state index in [1.807, 2.05) is 52.1 Å². The second kappa shape index (κ2) is 17.4. The van der Waals surface area contributed by atoms with Crippen LogP contribution in [0.4, 0.5) is 4.79 Å². The van der Waals surface area contributed by atoms with Crippen LogP contribution < -0.4 is 10.7 Å². The summed E-state index contributed by atoms with van der Waals surface area (Å²) in [4.78, 5) is 68.4. The average Bonchev–Trinajstić information content (AvgIpc) is 3.81. The number of urea groups is 1. The van der Waals surface area contributed by atoms with E-state index in [1.54, 1.807) is 13.3 Å². The van der Waals surface area contributed by atoms with E-state index < -0.39 is 53.1 Å². The Morgan fingerprint density at radius 2 is 1.93 bits per heavy atom. The van der Waals surface area contributed by atoms with Crippen LogP contribution in [0.3, 0.4) is 0 Å². The van der Waals surface area contributed by atoms with E-state index in [4.69, 9.17) is 19.4 Å². The number of nitrogens with zero attached hydrogens (tertiary/aromatic N) is 6. The number of nitrogens with one attached hydrogen (secondary N) is 2. The number of carbonyl (C=O) groups is 4. The van der Waals surface area contributed by atoms with Gasteiger partial charge >= 0.3 is 12.0 Å². The molecule has 16 nitrogen and oxygen atoms in total. The van der Waals surface area contributed by atoms with Crippen LogP contribution in [0, 0.1) is 11.3 Å². The van der Waals surface area contributed by atoms with Gasteiger partial charge in [0.1, 0.15) is 12.1 Å². The number of aliphatic hydroxyl groups excluding tert-OH is 1. The molecule has 3 aromatic heterocycles. The Kier molecular flexibility index (Phi) is 12.6. The summed E-state index contributed by atoms with van der Waals surface area (Å²) >= 11 is 1.36. The lowest BCUT2D eigenvalue weighted by Gasteiger charge is -2.42. The van der Waals surface area contributed by atoms with Crippen LogP contribution in [-0.2, 0) is 43.2 Å². The summed E-state index contributed by atoms with van der Waals surface area (Å²) in [5, 5.41) is 29.2. The Morgan fingerprint density at radius 3 is 2.62 bits per heavy atom. The van der Waals surface area contributed by atoms with Gasteiger partial charge < -0.3 is 39.4 Å². The van der Waals surface area contributed by atoms with Crippen molar-refractivity contribution in [1.82, 2.24) is 40.1 Å². The van der Waals surface area contributed by atoms with Crippen molar-refractivity contribution in [2.24, 2.45) is 11.3 Å². The van der Waals surface area contributed by atoms with Crippen molar-refractivity contribution in [3.05, 3.63) is 58.2 Å². The van der Waals surface area contributed by atoms with Gasteiger partial charge in [-0.2, -0.15) is 5.43 Å². The molecular weight excluding hydrogens is 801 g/mol. The van der Waals surface area contributed by atoms with Crippen molar-refractivity contribution >= 4 is 46.1 Å². The van der Waals surface area contributed by atoms with Crippen molar-refractivity contribution in [2.45, 2.75) is 104 Å². The number of thiazole rings is 1. The lowest BCUT2D eigenvalue weighted by atomic mass is 9.84. The first-order valence-corrected chi connectivity index (χ1v) is 21.9. The van der Waals surface area contributed by atoms with Crippen molar-refractivity contribution in [2.75, 3.05) is 40.4 Å². The van der Waals surface area contributed by atoms with Gasteiger partial charge in [-0.25, -0.2) is 14.6 Å². The highest BCUT2D eigenvalue weighted by atomic mass is 32.1. The number of carbonyl (C=O) groups excluding carboxylic acids is 4. The molecule has 3 aliphatic rings. The fourth-order valence-corrected chi connectivity index (χ4v) is 9.59. The minimum atomic E-state index is -2.22. The number of rotatable bonds is 8. The molecule has 2 saturated heterocycles. The van der Waals surface area contributed by atoms with E-state index >= 15 is 0 Å². The maximum Gasteiger partial charge on any atom is 0.355 e. The van der Waals surface area contributed by atoms with E-state index in [9.17, 15) is 29.4 Å². The number of likely N-dealkylation sites (tertiary alicyclic amines) is 1. The minimum Gasteiger partial charge on any atom is -0.462 e. The zero-order chi connectivity index (χ0) is 44.0. The van der Waals surface area contributed by atoms with Crippen LogP contribution >= 0.6 is 11.3 Å². The van der Waals surface area contributed by atoms with Gasteiger partial charge in [-0.1, -0.05) is 33.8 Å². The quantitative estimate of drug-likeness (QED) is 0.185. The molecule has 2 fully saturated rings. The van der Waals surface area contributed by atoms with Gasteiger partial charge in [-0.15, -0.1) is 11.3 Å². The van der Waals surface area contributed by atoms with E-state index in [2.05, 4.69) is 40.4 Å². The number of hydrogen-bond donors (Lipinski definition) is 4. The topological polar surface area (TPSA) is 192 Å². The first-order chi connectivity index (χ1) is 28.9. The van der Waals surface area contributed by atoms with Gasteiger partial charge in [0.2, 0.25) is 11.6 Å². The van der Waals surface area contributed by atoms with Gasteiger partial charge in [0, 0.05) is 79.1 Å². The minimum absolute atomic E-state index is 0.00337. The number of hydrogen-bond acceptors (Lipinski definition) is 12. The summed E-state index contributed by atoms with van der Waals surface area (Å²) in [7, 11) is 3.20. The molecule has 4 atom stereocenters. The molecule has 4 aromatic rings. The predicted octanol–water partition coefficient (Wildman–Crippen LogP) is 4.28. The number of esters is 1. The molecule has 6 bridgehead atoms. The Labute approximate surface area is 360 Å². The number of β-amino-alcohol motifs (C(OH)–C–C–N with tert-alkyl or cyclic N) is 1. The van der Waals surface area contributed by atoms with Gasteiger partial charge in [0.05, 0.1) is 54.0 Å². The number of methoxy groups -OCH3 is 1. The fourth-order valence-electron chi connectivity index (χ4n) is 8.74. The summed E-state index contributed by atoms with van der Waals surface area (Å²) < 4.78 is 14.0. The molecular formula is C44H58N8O8S. The Bertz CT molecular complexity index is 2300. The maximum atomic E-state index is 14.5. The summed E-state index contributed by atoms with van der Waals surface area (Å²) in [5.74, 6) is -2.39. The highest BCUT2D eigenvalue weighted by Gasteiger charge is 2.46. The summed E-state index contributed by atoms with van der Waals surface area (Å²) in [5.41, 5.74) is 6.25. The molecule has 61 heavy (non-hydrogen) atoms. The zero-order valence-electron chi connectivity index (χ0n) is 36.2. The number of fused-ring (bicyclic) bond motifs is 6. The average molecular weight is 859 g/mol. The SMILES string of the molecule is CCn1c(-c2cccnc2[C@H](C)OC)c2c3cc(ccc31)-c1csc(n1)C[C@H](NC(=O)[C@H](C(C)C)N(C)C(=O)N1CC(O)C1)C(=O)N1CCC[C@@](O)(N1)C(=O)OCC(C)(C)C2. The van der Waals surface area contributed by atoms with Crippen LogP contribution in [0.25, 0.3) is 33.4 Å². The fraction of sp³-hybridized carbons (Fsp3) is 0.545. The van der Waals surface area contributed by atoms with Crippen LogP contribution in [-0.4, -0.2) is 128 Å². The first kappa shape index (κ1) is 44.1. The number of hydrazine groups is 1. The first-order valence-electron chi connectivity index (χ1n) is 21.0. The Hall–Kier alpha value is -4.94. The third-order valence-corrected chi connectivity index (χ3v) is 12.9. The van der Waals surface area contributed by atoms with E-state index in [0.717, 1.165) is 39.0 Å². The summed E-state index contributed by atoms with van der Waals surface area (Å²) in [6, 6.07) is 7.69. The molecule has 0 aliphatic carbocycles. The Balaban J connectivity index is 1.32. The highest BCUT2D eigenvalue weighted by Crippen LogP contribution is 2.42. The second-order valence-electron chi connectivity index (χ2n) is 17.6. The standard InChI is InChI=1S/C44H58N8O8S/c1-9-51-34-14-13-27-18-30(34)31(38(51)29-12-10-16-45-36(29)26(4)59-8)20-43(5,6)24-60-41(56)44(58)15-11-17-52(48-44)40(55)32(19-35-46-33(27)23-61-35)47-39(54)37(25(2)3)49(7)42(57)50-21-28(53)22-50/h10,12-14,16,18,23,25-26,28,32,37,48,53,58H,9,11,15,17,19-22,24H2,1-8H3,(H,47,54)/t26-,32-,37-,44-/m0/s1. The largest absolute Gasteiger partial charge is 0.462 e. The normalized spacial score (nSPS) is 22.0. The van der Waals surface area contributed by atoms with Crippen molar-refractivity contribution < 1.29 is 38.9 Å². The molecule has 0 radical (unpaired) electrons. The predicted molar refractivity (Wildman–Crippen MR) is 230 cm³/mol. The number of ether oxygens (including phenoxy) is 2. The number of pyridine rings is 1. The van der Waals surface area contributed by atoms with Gasteiger partial charge in [-0.3, -0.25) is 19.6 Å². The van der Waals surface area contributed by atoms with Crippen LogP contribution in [0.1, 0.15) is 76.8 Å². The number of benzene rings is 1. The molecule has 0 saturated carbocycles. The molecule has 328 valence electrons. The van der Waals surface area contributed by atoms with Gasteiger partial charge in [-0.05, 0) is 62.4 Å². The maximum absolute atomic E-state index is 14.5. The Morgan fingerprint density at radius 1 is 1.18 bits per heavy atom. The molecule has 3 aliphatic heterocycles. The number of aryl methyl sites for hydroxylation is 1. The molecule has 6 heterocycles. The summed E-state index contributed by atoms with van der Waals surface area (Å²) in [6.45, 7) is 12.8. The third-order valence-electron chi connectivity index (χ3n) is 12.0.